The van der Waals surface area contributed by atoms with Gasteiger partial charge in [0, 0.05) is 19.0 Å². The van der Waals surface area contributed by atoms with Crippen LogP contribution in [0.2, 0.25) is 0 Å². The topological polar surface area (TPSA) is 46.3 Å². The molecule has 0 saturated heterocycles. The minimum Gasteiger partial charge on any atom is -0.338 e. The van der Waals surface area contributed by atoms with E-state index in [9.17, 15) is 4.79 Å². The smallest absolute Gasteiger partial charge is 0.226 e. The van der Waals surface area contributed by atoms with Gasteiger partial charge in [0.25, 0.3) is 0 Å². The Morgan fingerprint density at radius 2 is 1.81 bits per heavy atom. The normalized spacial score (nSPS) is 10.4. The third-order valence-corrected chi connectivity index (χ3v) is 3.41. The average Bonchev–Trinajstić information content (AvgIpc) is 2.51. The first-order valence-electron chi connectivity index (χ1n) is 7.47. The number of allylic oxidation sites excluding steroid dienone is 2. The SMILES string of the molecule is C=CCC(CC=C)C(=O)N(CCCN)Cc1ccccc1. The van der Waals surface area contributed by atoms with E-state index < -0.39 is 0 Å². The second-order valence-electron chi connectivity index (χ2n) is 5.13. The number of benzene rings is 1. The molecule has 0 bridgehead atoms. The Labute approximate surface area is 128 Å². The molecule has 3 heteroatoms. The van der Waals surface area contributed by atoms with Crippen molar-refractivity contribution in [2.45, 2.75) is 25.8 Å². The van der Waals surface area contributed by atoms with Gasteiger partial charge in [0.1, 0.15) is 0 Å². The van der Waals surface area contributed by atoms with Crippen molar-refractivity contribution in [3.63, 3.8) is 0 Å². The predicted molar refractivity (Wildman–Crippen MR) is 88.6 cm³/mol. The predicted octanol–water partition coefficient (Wildman–Crippen LogP) is 3.13. The number of amides is 1. The maximum Gasteiger partial charge on any atom is 0.226 e. The first-order chi connectivity index (χ1) is 10.2. The maximum atomic E-state index is 12.7. The molecule has 3 nitrogen and oxygen atoms in total. The van der Waals surface area contributed by atoms with E-state index in [2.05, 4.69) is 13.2 Å². The Kier molecular flexibility index (Phi) is 8.14. The second kappa shape index (κ2) is 9.94. The molecule has 0 aliphatic carbocycles. The highest BCUT2D eigenvalue weighted by Gasteiger charge is 2.22. The van der Waals surface area contributed by atoms with Crippen LogP contribution >= 0.6 is 0 Å². The number of hydrogen-bond donors (Lipinski definition) is 1. The molecule has 1 amide bonds. The van der Waals surface area contributed by atoms with Gasteiger partial charge < -0.3 is 10.6 Å². The quantitative estimate of drug-likeness (QED) is 0.672. The van der Waals surface area contributed by atoms with Gasteiger partial charge in [0.05, 0.1) is 0 Å². The van der Waals surface area contributed by atoms with Crippen LogP contribution in [0.4, 0.5) is 0 Å². The number of rotatable bonds is 10. The fourth-order valence-electron chi connectivity index (χ4n) is 2.31. The lowest BCUT2D eigenvalue weighted by Gasteiger charge is -2.26. The number of nitrogens with zero attached hydrogens (tertiary/aromatic N) is 1. The van der Waals surface area contributed by atoms with Crippen molar-refractivity contribution in [1.82, 2.24) is 4.90 Å². The van der Waals surface area contributed by atoms with Crippen molar-refractivity contribution >= 4 is 5.91 Å². The second-order valence-corrected chi connectivity index (χ2v) is 5.13. The van der Waals surface area contributed by atoms with Crippen LogP contribution in [0.3, 0.4) is 0 Å². The van der Waals surface area contributed by atoms with Crippen molar-refractivity contribution in [1.29, 1.82) is 0 Å². The van der Waals surface area contributed by atoms with Gasteiger partial charge in [-0.3, -0.25) is 4.79 Å². The van der Waals surface area contributed by atoms with Crippen molar-refractivity contribution in [3.8, 4) is 0 Å². The monoisotopic (exact) mass is 286 g/mol. The summed E-state index contributed by atoms with van der Waals surface area (Å²) in [6, 6.07) is 10.0. The summed E-state index contributed by atoms with van der Waals surface area (Å²) in [5.41, 5.74) is 6.73. The fourth-order valence-corrected chi connectivity index (χ4v) is 2.31. The van der Waals surface area contributed by atoms with Crippen molar-refractivity contribution in [2.75, 3.05) is 13.1 Å². The van der Waals surface area contributed by atoms with Gasteiger partial charge in [0.15, 0.2) is 0 Å². The first kappa shape index (κ1) is 17.2. The summed E-state index contributed by atoms with van der Waals surface area (Å²) in [6.45, 7) is 9.40. The molecule has 0 aliphatic rings. The van der Waals surface area contributed by atoms with Gasteiger partial charge in [-0.15, -0.1) is 13.2 Å². The molecule has 0 fully saturated rings. The molecule has 1 rings (SSSR count). The fraction of sp³-hybridized carbons (Fsp3) is 0.389. The first-order valence-corrected chi connectivity index (χ1v) is 7.47. The minimum absolute atomic E-state index is 0.0681. The van der Waals surface area contributed by atoms with E-state index in [-0.39, 0.29) is 11.8 Å². The molecule has 0 radical (unpaired) electrons. The van der Waals surface area contributed by atoms with Crippen LogP contribution in [0.5, 0.6) is 0 Å². The molecule has 0 atom stereocenters. The Hall–Kier alpha value is -1.87. The number of carbonyl (C=O) groups excluding carboxylic acids is 1. The number of hydrogen-bond acceptors (Lipinski definition) is 2. The molecule has 0 aromatic heterocycles. The van der Waals surface area contributed by atoms with E-state index in [0.717, 1.165) is 12.0 Å². The summed E-state index contributed by atoms with van der Waals surface area (Å²) >= 11 is 0. The van der Waals surface area contributed by atoms with E-state index in [0.29, 0.717) is 32.5 Å². The van der Waals surface area contributed by atoms with E-state index in [1.54, 1.807) is 12.2 Å². The van der Waals surface area contributed by atoms with Crippen LogP contribution in [0.1, 0.15) is 24.8 Å². The lowest BCUT2D eigenvalue weighted by molar-refractivity contribution is -0.136. The molecule has 0 saturated carbocycles. The van der Waals surface area contributed by atoms with Crippen LogP contribution in [0.25, 0.3) is 0 Å². The van der Waals surface area contributed by atoms with E-state index >= 15 is 0 Å². The van der Waals surface area contributed by atoms with E-state index in [1.807, 2.05) is 35.2 Å². The number of nitrogens with two attached hydrogens (primary N) is 1. The van der Waals surface area contributed by atoms with Gasteiger partial charge in [-0.2, -0.15) is 0 Å². The zero-order valence-electron chi connectivity index (χ0n) is 12.7. The van der Waals surface area contributed by atoms with Crippen LogP contribution < -0.4 is 5.73 Å². The van der Waals surface area contributed by atoms with Crippen molar-refractivity contribution < 1.29 is 4.79 Å². The average molecular weight is 286 g/mol. The molecular formula is C18H26N2O. The van der Waals surface area contributed by atoms with Gasteiger partial charge >= 0.3 is 0 Å². The zero-order chi connectivity index (χ0) is 15.5. The molecule has 114 valence electrons. The highest BCUT2D eigenvalue weighted by molar-refractivity contribution is 5.79. The van der Waals surface area contributed by atoms with Crippen LogP contribution in [0.15, 0.2) is 55.6 Å². The summed E-state index contributed by atoms with van der Waals surface area (Å²) in [6.07, 6.45) is 5.77. The summed E-state index contributed by atoms with van der Waals surface area (Å²) in [7, 11) is 0. The third-order valence-electron chi connectivity index (χ3n) is 3.41. The summed E-state index contributed by atoms with van der Waals surface area (Å²) in [5, 5.41) is 0. The summed E-state index contributed by atoms with van der Waals surface area (Å²) < 4.78 is 0. The number of carbonyl (C=O) groups is 1. The Balaban J connectivity index is 2.81. The molecule has 0 aliphatic heterocycles. The van der Waals surface area contributed by atoms with Gasteiger partial charge in [-0.1, -0.05) is 42.5 Å². The molecule has 0 heterocycles. The minimum atomic E-state index is -0.0681. The lowest BCUT2D eigenvalue weighted by atomic mass is 9.99. The standard InChI is InChI=1S/C18H26N2O/c1-3-9-17(10-4-2)18(21)20(14-8-13-19)15-16-11-6-5-7-12-16/h3-7,11-12,17H,1-2,8-10,13-15,19H2. The largest absolute Gasteiger partial charge is 0.338 e. The Morgan fingerprint density at radius 1 is 1.19 bits per heavy atom. The summed E-state index contributed by atoms with van der Waals surface area (Å²) in [4.78, 5) is 14.6. The van der Waals surface area contributed by atoms with Crippen molar-refractivity contribution in [3.05, 3.63) is 61.2 Å². The highest BCUT2D eigenvalue weighted by Crippen LogP contribution is 2.16. The highest BCUT2D eigenvalue weighted by atomic mass is 16.2. The van der Waals surface area contributed by atoms with Gasteiger partial charge in [0.2, 0.25) is 5.91 Å². The van der Waals surface area contributed by atoms with Crippen LogP contribution in [-0.2, 0) is 11.3 Å². The van der Waals surface area contributed by atoms with E-state index in [1.165, 1.54) is 0 Å². The van der Waals surface area contributed by atoms with E-state index in [4.69, 9.17) is 5.73 Å². The molecule has 1 aromatic rings. The zero-order valence-corrected chi connectivity index (χ0v) is 12.7. The summed E-state index contributed by atoms with van der Waals surface area (Å²) in [5.74, 6) is 0.0913. The Bertz CT molecular complexity index is 432. The molecule has 1 aromatic carbocycles. The van der Waals surface area contributed by atoms with Gasteiger partial charge in [-0.25, -0.2) is 0 Å². The maximum absolute atomic E-state index is 12.7. The third kappa shape index (κ3) is 5.96. The van der Waals surface area contributed by atoms with Gasteiger partial charge in [-0.05, 0) is 31.4 Å². The molecule has 0 unspecified atom stereocenters. The lowest BCUT2D eigenvalue weighted by Crippen LogP contribution is -2.37. The molecular weight excluding hydrogens is 260 g/mol. The molecule has 2 N–H and O–H groups in total. The van der Waals surface area contributed by atoms with Crippen LogP contribution in [0, 0.1) is 5.92 Å². The molecule has 21 heavy (non-hydrogen) atoms. The van der Waals surface area contributed by atoms with Crippen molar-refractivity contribution in [2.24, 2.45) is 11.7 Å². The Morgan fingerprint density at radius 3 is 2.33 bits per heavy atom. The molecule has 0 spiro atoms. The van der Waals surface area contributed by atoms with Crippen LogP contribution in [-0.4, -0.2) is 23.9 Å².